The lowest BCUT2D eigenvalue weighted by molar-refractivity contribution is 0.483. The van der Waals surface area contributed by atoms with Crippen LogP contribution >= 0.6 is 0 Å². The minimum atomic E-state index is 0.420. The summed E-state index contributed by atoms with van der Waals surface area (Å²) >= 11 is 0. The van der Waals surface area contributed by atoms with E-state index in [-0.39, 0.29) is 0 Å². The first kappa shape index (κ1) is 18.5. The minimum Gasteiger partial charge on any atom is -0.457 e. The molecule has 7 heteroatoms. The molecule has 3 aromatic carbocycles. The molecule has 0 bridgehead atoms. The average Bonchev–Trinajstić information content (AvgIpc) is 2.82. The second-order valence-corrected chi connectivity index (χ2v) is 6.68. The molecule has 0 aliphatic heterocycles. The Hall–Kier alpha value is -4.52. The van der Waals surface area contributed by atoms with Gasteiger partial charge in [-0.3, -0.25) is 0 Å². The van der Waals surface area contributed by atoms with Crippen LogP contribution in [0.25, 0.3) is 11.2 Å². The van der Waals surface area contributed by atoms with E-state index in [0.29, 0.717) is 22.9 Å². The van der Waals surface area contributed by atoms with Crippen LogP contribution in [0.3, 0.4) is 0 Å². The van der Waals surface area contributed by atoms with E-state index in [4.69, 9.17) is 4.74 Å². The van der Waals surface area contributed by atoms with Crippen LogP contribution in [-0.2, 0) is 0 Å². The van der Waals surface area contributed by atoms with Crippen LogP contribution in [0.5, 0.6) is 11.5 Å². The summed E-state index contributed by atoms with van der Waals surface area (Å²) in [6.45, 7) is 0. The van der Waals surface area contributed by atoms with Crippen LogP contribution in [0.15, 0.2) is 97.3 Å². The molecular formula is C24H18N6O. The first-order chi connectivity index (χ1) is 15.3. The van der Waals surface area contributed by atoms with E-state index in [1.54, 1.807) is 12.4 Å². The van der Waals surface area contributed by atoms with E-state index < -0.39 is 0 Å². The lowest BCUT2D eigenvalue weighted by Gasteiger charge is -2.11. The first-order valence-electron chi connectivity index (χ1n) is 9.74. The number of hydrogen-bond acceptors (Lipinski definition) is 7. The molecule has 31 heavy (non-hydrogen) atoms. The summed E-state index contributed by atoms with van der Waals surface area (Å²) in [5, 5.41) is 6.52. The van der Waals surface area contributed by atoms with Crippen LogP contribution in [-0.4, -0.2) is 19.9 Å². The van der Waals surface area contributed by atoms with Crippen molar-refractivity contribution < 1.29 is 4.74 Å². The third kappa shape index (κ3) is 4.40. The summed E-state index contributed by atoms with van der Waals surface area (Å²) in [5.41, 5.74) is 2.84. The molecule has 2 aromatic heterocycles. The highest BCUT2D eigenvalue weighted by molar-refractivity contribution is 5.85. The van der Waals surface area contributed by atoms with Crippen LogP contribution in [0.1, 0.15) is 0 Å². The summed E-state index contributed by atoms with van der Waals surface area (Å²) in [6, 6.07) is 27.0. The van der Waals surface area contributed by atoms with Crippen molar-refractivity contribution in [3.05, 3.63) is 97.3 Å². The summed E-state index contributed by atoms with van der Waals surface area (Å²) in [4.78, 5) is 17.8. The predicted octanol–water partition coefficient (Wildman–Crippen LogP) is 5.70. The Bertz CT molecular complexity index is 1290. The van der Waals surface area contributed by atoms with Gasteiger partial charge < -0.3 is 15.4 Å². The number of anilines is 4. The second-order valence-electron chi connectivity index (χ2n) is 6.68. The van der Waals surface area contributed by atoms with E-state index in [9.17, 15) is 0 Å². The molecule has 5 aromatic rings. The van der Waals surface area contributed by atoms with Crippen LogP contribution in [0.4, 0.5) is 23.1 Å². The first-order valence-corrected chi connectivity index (χ1v) is 9.74. The summed E-state index contributed by atoms with van der Waals surface area (Å²) in [7, 11) is 0. The zero-order valence-electron chi connectivity index (χ0n) is 16.4. The number of hydrogen-bond donors (Lipinski definition) is 2. The van der Waals surface area contributed by atoms with Crippen molar-refractivity contribution >= 4 is 34.3 Å². The molecule has 0 unspecified atom stereocenters. The number of aromatic nitrogens is 4. The number of nitrogens with one attached hydrogen (secondary N) is 2. The zero-order chi connectivity index (χ0) is 20.9. The minimum absolute atomic E-state index is 0.420. The van der Waals surface area contributed by atoms with Crippen molar-refractivity contribution in [2.45, 2.75) is 0 Å². The topological polar surface area (TPSA) is 84.9 Å². The van der Waals surface area contributed by atoms with Gasteiger partial charge in [-0.1, -0.05) is 36.4 Å². The summed E-state index contributed by atoms with van der Waals surface area (Å²) in [6.07, 6.45) is 3.24. The maximum absolute atomic E-state index is 5.84. The van der Waals surface area contributed by atoms with Crippen molar-refractivity contribution in [2.75, 3.05) is 10.6 Å². The Kier molecular flexibility index (Phi) is 5.05. The zero-order valence-corrected chi connectivity index (χ0v) is 16.4. The van der Waals surface area contributed by atoms with Gasteiger partial charge in [0.15, 0.2) is 17.0 Å². The van der Waals surface area contributed by atoms with E-state index >= 15 is 0 Å². The third-order valence-electron chi connectivity index (χ3n) is 4.46. The average molecular weight is 406 g/mol. The molecule has 0 saturated heterocycles. The highest BCUT2D eigenvalue weighted by atomic mass is 16.5. The lowest BCUT2D eigenvalue weighted by atomic mass is 10.3. The Labute approximate surface area is 178 Å². The molecule has 0 amide bonds. The Morgan fingerprint density at radius 2 is 1.23 bits per heavy atom. The normalized spacial score (nSPS) is 10.6. The maximum Gasteiger partial charge on any atom is 0.231 e. The van der Waals surface area contributed by atoms with Gasteiger partial charge in [-0.15, -0.1) is 0 Å². The van der Waals surface area contributed by atoms with Gasteiger partial charge in [0.05, 0.1) is 0 Å². The van der Waals surface area contributed by atoms with E-state index in [1.807, 2.05) is 84.9 Å². The van der Waals surface area contributed by atoms with Crippen LogP contribution < -0.4 is 15.4 Å². The van der Waals surface area contributed by atoms with Gasteiger partial charge in [-0.25, -0.2) is 9.97 Å². The third-order valence-corrected chi connectivity index (χ3v) is 4.46. The standard InChI is InChI=1S/C24H18N6O/c1-3-7-17(8-4-1)27-23-21-22(26-16-15-25-21)29-24(30-23)28-18-11-13-20(14-12-18)31-19-9-5-2-6-10-19/h1-16H,(H2,26,27,28,29,30). The molecule has 0 spiro atoms. The van der Waals surface area contributed by atoms with Gasteiger partial charge in [-0.2, -0.15) is 9.97 Å². The van der Waals surface area contributed by atoms with Gasteiger partial charge in [0.2, 0.25) is 5.95 Å². The van der Waals surface area contributed by atoms with Gasteiger partial charge in [0.1, 0.15) is 11.5 Å². The maximum atomic E-state index is 5.84. The molecule has 0 aliphatic rings. The highest BCUT2D eigenvalue weighted by Gasteiger charge is 2.11. The Morgan fingerprint density at radius 1 is 0.581 bits per heavy atom. The molecule has 0 radical (unpaired) electrons. The highest BCUT2D eigenvalue weighted by Crippen LogP contribution is 2.26. The Morgan fingerprint density at radius 3 is 2.00 bits per heavy atom. The molecule has 0 atom stereocenters. The van der Waals surface area contributed by atoms with Crippen LogP contribution in [0.2, 0.25) is 0 Å². The summed E-state index contributed by atoms with van der Waals surface area (Å²) in [5.74, 6) is 2.53. The van der Waals surface area contributed by atoms with Crippen molar-refractivity contribution in [1.29, 1.82) is 0 Å². The smallest absolute Gasteiger partial charge is 0.231 e. The van der Waals surface area contributed by atoms with Crippen LogP contribution in [0, 0.1) is 0 Å². The van der Waals surface area contributed by atoms with Gasteiger partial charge >= 0.3 is 0 Å². The molecule has 5 rings (SSSR count). The number of para-hydroxylation sites is 2. The van der Waals surface area contributed by atoms with Crippen molar-refractivity contribution in [1.82, 2.24) is 19.9 Å². The number of ether oxygens (including phenoxy) is 1. The number of nitrogens with zero attached hydrogens (tertiary/aromatic N) is 4. The quantitative estimate of drug-likeness (QED) is 0.374. The van der Waals surface area contributed by atoms with E-state index in [0.717, 1.165) is 22.9 Å². The van der Waals surface area contributed by atoms with E-state index in [2.05, 4.69) is 30.6 Å². The molecule has 0 saturated carbocycles. The SMILES string of the molecule is c1ccc(Nc2nc(Nc3ccc(Oc4ccccc4)cc3)nc3nccnc23)cc1. The van der Waals surface area contributed by atoms with E-state index in [1.165, 1.54) is 0 Å². The largest absolute Gasteiger partial charge is 0.457 e. The second kappa shape index (κ2) is 8.46. The summed E-state index contributed by atoms with van der Waals surface area (Å²) < 4.78 is 5.84. The fourth-order valence-electron chi connectivity index (χ4n) is 3.02. The number of rotatable bonds is 6. The van der Waals surface area contributed by atoms with Crippen molar-refractivity contribution in [3.8, 4) is 11.5 Å². The van der Waals surface area contributed by atoms with Crippen molar-refractivity contribution in [2.24, 2.45) is 0 Å². The Balaban J connectivity index is 1.40. The molecule has 0 fully saturated rings. The monoisotopic (exact) mass is 406 g/mol. The molecule has 2 N–H and O–H groups in total. The lowest BCUT2D eigenvalue weighted by Crippen LogP contribution is -2.04. The fourth-order valence-corrected chi connectivity index (χ4v) is 3.02. The van der Waals surface area contributed by atoms with Gasteiger partial charge in [0.25, 0.3) is 0 Å². The van der Waals surface area contributed by atoms with Gasteiger partial charge in [0, 0.05) is 23.8 Å². The predicted molar refractivity (Wildman–Crippen MR) is 121 cm³/mol. The van der Waals surface area contributed by atoms with Crippen molar-refractivity contribution in [3.63, 3.8) is 0 Å². The number of benzene rings is 3. The molecular weight excluding hydrogens is 388 g/mol. The van der Waals surface area contributed by atoms with Gasteiger partial charge in [-0.05, 0) is 48.5 Å². The number of fused-ring (bicyclic) bond motifs is 1. The molecule has 150 valence electrons. The molecule has 2 heterocycles. The molecule has 7 nitrogen and oxygen atoms in total. The fraction of sp³-hybridized carbons (Fsp3) is 0. The molecule has 0 aliphatic carbocycles.